The van der Waals surface area contributed by atoms with E-state index in [1.165, 1.54) is 19.2 Å². The summed E-state index contributed by atoms with van der Waals surface area (Å²) in [5.41, 5.74) is 0.839. The molecule has 154 valence electrons. The second kappa shape index (κ2) is 8.95. The Bertz CT molecular complexity index is 1060. The van der Waals surface area contributed by atoms with Crippen molar-refractivity contribution in [1.82, 2.24) is 10.1 Å². The SMILES string of the molecule is CCCc1noc(-c2cc(S(=O)(=O)Nc3ccc(OCC)cc3)ccc2OC)n1. The number of nitrogens with zero attached hydrogens (tertiary/aromatic N) is 2. The Morgan fingerprint density at radius 3 is 2.52 bits per heavy atom. The van der Waals surface area contributed by atoms with Crippen LogP contribution in [0, 0.1) is 0 Å². The summed E-state index contributed by atoms with van der Waals surface area (Å²) in [5.74, 6) is 1.88. The molecule has 0 aliphatic carbocycles. The zero-order valence-electron chi connectivity index (χ0n) is 16.5. The second-order valence-electron chi connectivity index (χ2n) is 6.19. The highest BCUT2D eigenvalue weighted by Crippen LogP contribution is 2.32. The van der Waals surface area contributed by atoms with Crippen molar-refractivity contribution in [3.8, 4) is 23.0 Å². The lowest BCUT2D eigenvalue weighted by atomic mass is 10.2. The van der Waals surface area contributed by atoms with E-state index in [1.807, 2.05) is 13.8 Å². The highest BCUT2D eigenvalue weighted by molar-refractivity contribution is 7.92. The molecule has 1 aromatic heterocycles. The van der Waals surface area contributed by atoms with Gasteiger partial charge in [0.15, 0.2) is 5.82 Å². The molecule has 0 bridgehead atoms. The number of ether oxygens (including phenoxy) is 2. The fraction of sp³-hybridized carbons (Fsp3) is 0.300. The molecular weight excluding hydrogens is 394 g/mol. The second-order valence-corrected chi connectivity index (χ2v) is 7.87. The Balaban J connectivity index is 1.90. The van der Waals surface area contributed by atoms with E-state index in [9.17, 15) is 8.42 Å². The summed E-state index contributed by atoms with van der Waals surface area (Å²) in [4.78, 5) is 4.38. The Morgan fingerprint density at radius 2 is 1.86 bits per heavy atom. The van der Waals surface area contributed by atoms with E-state index < -0.39 is 10.0 Å². The van der Waals surface area contributed by atoms with Crippen LogP contribution in [0.5, 0.6) is 11.5 Å². The Labute approximate surface area is 169 Å². The average Bonchev–Trinajstić information content (AvgIpc) is 3.18. The fourth-order valence-corrected chi connectivity index (χ4v) is 3.79. The van der Waals surface area contributed by atoms with Crippen LogP contribution in [0.4, 0.5) is 5.69 Å². The molecule has 0 unspecified atom stereocenters. The first-order valence-electron chi connectivity index (χ1n) is 9.23. The van der Waals surface area contributed by atoms with E-state index in [1.54, 1.807) is 30.3 Å². The van der Waals surface area contributed by atoms with Gasteiger partial charge in [-0.3, -0.25) is 4.72 Å². The lowest BCUT2D eigenvalue weighted by Crippen LogP contribution is -2.13. The van der Waals surface area contributed by atoms with E-state index in [0.29, 0.717) is 41.6 Å². The third kappa shape index (κ3) is 4.86. The molecule has 0 amide bonds. The number of sulfonamides is 1. The lowest BCUT2D eigenvalue weighted by molar-refractivity contribution is 0.340. The highest BCUT2D eigenvalue weighted by Gasteiger charge is 2.20. The predicted molar refractivity (Wildman–Crippen MR) is 109 cm³/mol. The van der Waals surface area contributed by atoms with Crippen molar-refractivity contribution in [2.45, 2.75) is 31.6 Å². The molecule has 1 N–H and O–H groups in total. The number of hydrogen-bond acceptors (Lipinski definition) is 7. The van der Waals surface area contributed by atoms with Gasteiger partial charge in [0, 0.05) is 12.1 Å². The molecule has 1 heterocycles. The van der Waals surface area contributed by atoms with Crippen LogP contribution in [0.2, 0.25) is 0 Å². The predicted octanol–water partition coefficient (Wildman–Crippen LogP) is 3.90. The van der Waals surface area contributed by atoms with E-state index in [4.69, 9.17) is 14.0 Å². The van der Waals surface area contributed by atoms with Crippen molar-refractivity contribution in [1.29, 1.82) is 0 Å². The van der Waals surface area contributed by atoms with Crippen LogP contribution in [0.15, 0.2) is 51.9 Å². The average molecular weight is 417 g/mol. The zero-order valence-corrected chi connectivity index (χ0v) is 17.3. The van der Waals surface area contributed by atoms with Crippen molar-refractivity contribution >= 4 is 15.7 Å². The summed E-state index contributed by atoms with van der Waals surface area (Å²) in [5, 5.41) is 3.92. The van der Waals surface area contributed by atoms with E-state index >= 15 is 0 Å². The van der Waals surface area contributed by atoms with Crippen LogP contribution in [-0.2, 0) is 16.4 Å². The molecule has 0 radical (unpaired) electrons. The number of aromatic nitrogens is 2. The number of methoxy groups -OCH3 is 1. The van der Waals surface area contributed by atoms with Crippen LogP contribution in [-0.4, -0.2) is 32.3 Å². The first-order chi connectivity index (χ1) is 14.0. The van der Waals surface area contributed by atoms with Gasteiger partial charge in [-0.15, -0.1) is 0 Å². The van der Waals surface area contributed by atoms with E-state index in [-0.39, 0.29) is 10.8 Å². The van der Waals surface area contributed by atoms with Crippen LogP contribution >= 0.6 is 0 Å². The molecule has 9 heteroatoms. The van der Waals surface area contributed by atoms with Crippen LogP contribution in [0.25, 0.3) is 11.5 Å². The van der Waals surface area contributed by atoms with Gasteiger partial charge in [-0.2, -0.15) is 4.98 Å². The number of hydrogen-bond donors (Lipinski definition) is 1. The Hall–Kier alpha value is -3.07. The van der Waals surface area contributed by atoms with Crippen molar-refractivity contribution in [2.75, 3.05) is 18.4 Å². The molecule has 3 rings (SSSR count). The molecule has 0 aliphatic heterocycles. The Kier molecular flexibility index (Phi) is 6.38. The first-order valence-corrected chi connectivity index (χ1v) is 10.7. The van der Waals surface area contributed by atoms with Crippen LogP contribution < -0.4 is 14.2 Å². The molecule has 0 aliphatic rings. The monoisotopic (exact) mass is 417 g/mol. The number of rotatable bonds is 9. The molecule has 0 saturated heterocycles. The fourth-order valence-electron chi connectivity index (χ4n) is 2.71. The van der Waals surface area contributed by atoms with Gasteiger partial charge in [-0.05, 0) is 55.8 Å². The van der Waals surface area contributed by atoms with Gasteiger partial charge in [0.1, 0.15) is 11.5 Å². The van der Waals surface area contributed by atoms with Gasteiger partial charge in [0.2, 0.25) is 0 Å². The lowest BCUT2D eigenvalue weighted by Gasteiger charge is -2.11. The third-order valence-corrected chi connectivity index (χ3v) is 5.45. The maximum atomic E-state index is 12.9. The highest BCUT2D eigenvalue weighted by atomic mass is 32.2. The molecule has 2 aromatic carbocycles. The molecule has 0 saturated carbocycles. The van der Waals surface area contributed by atoms with Gasteiger partial charge in [0.05, 0.1) is 24.2 Å². The van der Waals surface area contributed by atoms with Crippen molar-refractivity contribution in [3.63, 3.8) is 0 Å². The molecule has 8 nitrogen and oxygen atoms in total. The first kappa shape index (κ1) is 20.7. The smallest absolute Gasteiger partial charge is 0.261 e. The third-order valence-electron chi connectivity index (χ3n) is 4.07. The molecule has 0 spiro atoms. The van der Waals surface area contributed by atoms with Gasteiger partial charge >= 0.3 is 0 Å². The Morgan fingerprint density at radius 1 is 1.10 bits per heavy atom. The van der Waals surface area contributed by atoms with Gasteiger partial charge in [0.25, 0.3) is 15.9 Å². The van der Waals surface area contributed by atoms with Gasteiger partial charge in [-0.25, -0.2) is 8.42 Å². The van der Waals surface area contributed by atoms with Crippen LogP contribution in [0.3, 0.4) is 0 Å². The molecule has 29 heavy (non-hydrogen) atoms. The van der Waals surface area contributed by atoms with Crippen molar-refractivity contribution in [3.05, 3.63) is 48.3 Å². The van der Waals surface area contributed by atoms with Gasteiger partial charge in [-0.1, -0.05) is 12.1 Å². The quantitative estimate of drug-likeness (QED) is 0.563. The number of nitrogens with one attached hydrogen (secondary N) is 1. The minimum Gasteiger partial charge on any atom is -0.496 e. The molecular formula is C20H23N3O5S. The number of aryl methyl sites for hydroxylation is 1. The summed E-state index contributed by atoms with van der Waals surface area (Å²) in [6.07, 6.45) is 1.54. The summed E-state index contributed by atoms with van der Waals surface area (Å²) in [6, 6.07) is 11.2. The summed E-state index contributed by atoms with van der Waals surface area (Å²) in [7, 11) is -2.34. The largest absolute Gasteiger partial charge is 0.496 e. The maximum Gasteiger partial charge on any atom is 0.261 e. The van der Waals surface area contributed by atoms with Crippen molar-refractivity contribution < 1.29 is 22.4 Å². The van der Waals surface area contributed by atoms with Crippen LogP contribution in [0.1, 0.15) is 26.1 Å². The maximum absolute atomic E-state index is 12.9. The standard InChI is InChI=1S/C20H23N3O5S/c1-4-6-19-21-20(28-22-19)17-13-16(11-12-18(17)26-3)29(24,25)23-14-7-9-15(10-8-14)27-5-2/h7-13,23H,4-6H2,1-3H3. The number of benzene rings is 2. The minimum absolute atomic E-state index is 0.0532. The summed E-state index contributed by atoms with van der Waals surface area (Å²) >= 11 is 0. The van der Waals surface area contributed by atoms with E-state index in [0.717, 1.165) is 6.42 Å². The zero-order chi connectivity index (χ0) is 20.9. The topological polar surface area (TPSA) is 104 Å². The summed E-state index contributed by atoms with van der Waals surface area (Å²) in [6.45, 7) is 4.43. The van der Waals surface area contributed by atoms with E-state index in [2.05, 4.69) is 14.9 Å². The molecule has 3 aromatic rings. The molecule has 0 atom stereocenters. The number of anilines is 1. The summed E-state index contributed by atoms with van der Waals surface area (Å²) < 4.78 is 44.3. The molecule has 0 fully saturated rings. The minimum atomic E-state index is -3.83. The van der Waals surface area contributed by atoms with Crippen molar-refractivity contribution in [2.24, 2.45) is 0 Å². The normalized spacial score (nSPS) is 11.3. The van der Waals surface area contributed by atoms with Gasteiger partial charge < -0.3 is 14.0 Å².